The molecule has 2 aliphatic rings. The largest absolute Gasteiger partial charge is 0.458 e. The van der Waals surface area contributed by atoms with Gasteiger partial charge in [0.15, 0.2) is 0 Å². The third-order valence-corrected chi connectivity index (χ3v) is 8.54. The summed E-state index contributed by atoms with van der Waals surface area (Å²) in [5, 5.41) is 10.2. The van der Waals surface area contributed by atoms with Gasteiger partial charge >= 0.3 is 12.0 Å². The Morgan fingerprint density at radius 3 is 2.52 bits per heavy atom. The lowest BCUT2D eigenvalue weighted by Crippen LogP contribution is -2.45. The highest BCUT2D eigenvalue weighted by Crippen LogP contribution is 2.35. The van der Waals surface area contributed by atoms with E-state index in [0.717, 1.165) is 5.69 Å². The third kappa shape index (κ3) is 5.41. The van der Waals surface area contributed by atoms with Crippen LogP contribution in [-0.2, 0) is 24.3 Å². The number of ether oxygens (including phenoxy) is 2. The summed E-state index contributed by atoms with van der Waals surface area (Å²) >= 11 is 0. The summed E-state index contributed by atoms with van der Waals surface area (Å²) in [6.07, 6.45) is 3.20. The molecule has 2 N–H and O–H groups in total. The second-order valence-corrected chi connectivity index (χ2v) is 11.1. The zero-order chi connectivity index (χ0) is 28.3. The summed E-state index contributed by atoms with van der Waals surface area (Å²) in [5.41, 5.74) is 2.95. The van der Waals surface area contributed by atoms with E-state index in [2.05, 4.69) is 17.2 Å². The van der Waals surface area contributed by atoms with Gasteiger partial charge in [-0.1, -0.05) is 43.0 Å². The minimum Gasteiger partial charge on any atom is -0.458 e. The van der Waals surface area contributed by atoms with Gasteiger partial charge in [-0.3, -0.25) is 0 Å². The number of para-hydroxylation sites is 1. The molecule has 0 saturated carbocycles. The first kappa shape index (κ1) is 27.3. The molecular formula is C28H29N5O6S. The molecule has 0 aliphatic carbocycles. The second-order valence-electron chi connectivity index (χ2n) is 9.21. The zero-order valence-corrected chi connectivity index (χ0v) is 22.7. The Labute approximate surface area is 232 Å². The molecule has 2 amide bonds. The number of rotatable bonds is 8. The SMILES string of the molecule is C=CCOC(=O)C1=C(C)NC(=O)N[C@H]1c1cn(-c2ccccc2)nc1-c1ccc(S(=O)(=O)N2CCOCC2)cc1. The third-order valence-electron chi connectivity index (χ3n) is 6.63. The van der Waals surface area contributed by atoms with Crippen LogP contribution in [0, 0.1) is 0 Å². The number of urea groups is 1. The lowest BCUT2D eigenvalue weighted by atomic mass is 9.94. The van der Waals surface area contributed by atoms with Gasteiger partial charge in [0.1, 0.15) is 6.61 Å². The predicted octanol–water partition coefficient (Wildman–Crippen LogP) is 2.92. The fraction of sp³-hybridized carbons (Fsp3) is 0.250. The topological polar surface area (TPSA) is 132 Å². The Morgan fingerprint density at radius 1 is 1.15 bits per heavy atom. The first-order valence-electron chi connectivity index (χ1n) is 12.7. The van der Waals surface area contributed by atoms with Crippen molar-refractivity contribution in [1.82, 2.24) is 24.7 Å². The van der Waals surface area contributed by atoms with E-state index in [1.165, 1.54) is 22.5 Å². The number of carbonyl (C=O) groups is 2. The van der Waals surface area contributed by atoms with Gasteiger partial charge in [-0.15, -0.1) is 0 Å². The Kier molecular flexibility index (Phi) is 7.83. The second kappa shape index (κ2) is 11.5. The van der Waals surface area contributed by atoms with Crippen LogP contribution in [0.4, 0.5) is 4.79 Å². The van der Waals surface area contributed by atoms with E-state index < -0.39 is 28.1 Å². The molecule has 5 rings (SSSR count). The highest BCUT2D eigenvalue weighted by atomic mass is 32.2. The molecule has 0 bridgehead atoms. The van der Waals surface area contributed by atoms with Gasteiger partial charge in [-0.05, 0) is 31.2 Å². The standard InChI is InChI=1S/C28H29N5O6S/c1-3-15-39-27(34)24-19(2)29-28(35)30-26(24)23-18-33(21-7-5-4-6-8-21)31-25(23)20-9-11-22(12-10-20)40(36,37)32-13-16-38-17-14-32/h3-12,18,26H,1,13-17H2,2H3,(H2,29,30,35)/t26-/m0/s1. The highest BCUT2D eigenvalue weighted by Gasteiger charge is 2.35. The maximum atomic E-state index is 13.1. The average molecular weight is 564 g/mol. The van der Waals surface area contributed by atoms with Gasteiger partial charge in [0, 0.05) is 36.1 Å². The lowest BCUT2D eigenvalue weighted by Gasteiger charge is -2.28. The van der Waals surface area contributed by atoms with Crippen molar-refractivity contribution in [3.8, 4) is 16.9 Å². The molecule has 208 valence electrons. The minimum atomic E-state index is -3.69. The molecule has 0 spiro atoms. The van der Waals surface area contributed by atoms with Gasteiger partial charge in [0.2, 0.25) is 10.0 Å². The van der Waals surface area contributed by atoms with E-state index in [4.69, 9.17) is 14.6 Å². The number of amides is 2. The highest BCUT2D eigenvalue weighted by molar-refractivity contribution is 7.89. The van der Waals surface area contributed by atoms with E-state index >= 15 is 0 Å². The molecule has 2 aromatic carbocycles. The fourth-order valence-electron chi connectivity index (χ4n) is 4.67. The Bertz CT molecular complexity index is 1560. The van der Waals surface area contributed by atoms with Crippen molar-refractivity contribution in [2.45, 2.75) is 17.9 Å². The van der Waals surface area contributed by atoms with Crippen molar-refractivity contribution in [1.29, 1.82) is 0 Å². The van der Waals surface area contributed by atoms with Crippen molar-refractivity contribution in [3.63, 3.8) is 0 Å². The number of esters is 1. The summed E-state index contributed by atoms with van der Waals surface area (Å²) < 4.78 is 40.0. The lowest BCUT2D eigenvalue weighted by molar-refractivity contribution is -0.138. The van der Waals surface area contributed by atoms with Crippen molar-refractivity contribution in [2.75, 3.05) is 32.9 Å². The summed E-state index contributed by atoms with van der Waals surface area (Å²) in [7, 11) is -3.69. The van der Waals surface area contributed by atoms with E-state index in [1.54, 1.807) is 29.9 Å². The number of nitrogens with zero attached hydrogens (tertiary/aromatic N) is 3. The summed E-state index contributed by atoms with van der Waals surface area (Å²) in [6.45, 7) is 6.51. The number of morpholine rings is 1. The number of allylic oxidation sites excluding steroid dienone is 1. The number of hydrogen-bond donors (Lipinski definition) is 2. The Morgan fingerprint density at radius 2 is 1.85 bits per heavy atom. The number of hydrogen-bond acceptors (Lipinski definition) is 7. The molecule has 11 nitrogen and oxygen atoms in total. The quantitative estimate of drug-likeness (QED) is 0.318. The molecule has 1 saturated heterocycles. The van der Waals surface area contributed by atoms with Crippen LogP contribution in [0.15, 0.2) is 89.6 Å². The van der Waals surface area contributed by atoms with Crippen LogP contribution in [0.25, 0.3) is 16.9 Å². The zero-order valence-electron chi connectivity index (χ0n) is 21.9. The molecule has 1 aromatic heterocycles. The van der Waals surface area contributed by atoms with Crippen LogP contribution in [-0.4, -0.2) is 67.4 Å². The number of aromatic nitrogens is 2. The van der Waals surface area contributed by atoms with Gasteiger partial charge < -0.3 is 20.1 Å². The van der Waals surface area contributed by atoms with E-state index in [0.29, 0.717) is 48.8 Å². The molecule has 0 radical (unpaired) electrons. The first-order chi connectivity index (χ1) is 19.3. The normalized spacial score (nSPS) is 18.1. The molecule has 1 atom stereocenters. The minimum absolute atomic E-state index is 0.00545. The van der Waals surface area contributed by atoms with Gasteiger partial charge in [0.05, 0.1) is 41.1 Å². The van der Waals surface area contributed by atoms with Gasteiger partial charge in [-0.2, -0.15) is 9.40 Å². The maximum absolute atomic E-state index is 13.1. The average Bonchev–Trinajstić information content (AvgIpc) is 3.42. The molecule has 3 aromatic rings. The molecule has 1 fully saturated rings. The van der Waals surface area contributed by atoms with Crippen molar-refractivity contribution in [2.24, 2.45) is 0 Å². The number of benzene rings is 2. The van der Waals surface area contributed by atoms with Crippen LogP contribution in [0.1, 0.15) is 18.5 Å². The van der Waals surface area contributed by atoms with Crippen LogP contribution >= 0.6 is 0 Å². The number of sulfonamides is 1. The van der Waals surface area contributed by atoms with Crippen molar-refractivity contribution in [3.05, 3.63) is 90.3 Å². The molecule has 12 heteroatoms. The molecule has 40 heavy (non-hydrogen) atoms. The van der Waals surface area contributed by atoms with E-state index in [-0.39, 0.29) is 17.1 Å². The molecule has 3 heterocycles. The predicted molar refractivity (Wildman–Crippen MR) is 147 cm³/mol. The maximum Gasteiger partial charge on any atom is 0.338 e. The fourth-order valence-corrected chi connectivity index (χ4v) is 6.07. The first-order valence-corrected chi connectivity index (χ1v) is 14.1. The van der Waals surface area contributed by atoms with Crippen LogP contribution in [0.5, 0.6) is 0 Å². The Balaban J connectivity index is 1.59. The summed E-state index contributed by atoms with van der Waals surface area (Å²) in [5.74, 6) is -0.611. The molecular weight excluding hydrogens is 534 g/mol. The molecule has 2 aliphatic heterocycles. The summed E-state index contributed by atoms with van der Waals surface area (Å²) in [6, 6.07) is 14.4. The van der Waals surface area contributed by atoms with E-state index in [1.807, 2.05) is 30.3 Å². The Hall–Kier alpha value is -4.26. The monoisotopic (exact) mass is 563 g/mol. The summed E-state index contributed by atoms with van der Waals surface area (Å²) in [4.78, 5) is 25.8. The van der Waals surface area contributed by atoms with Crippen molar-refractivity contribution >= 4 is 22.0 Å². The smallest absolute Gasteiger partial charge is 0.338 e. The van der Waals surface area contributed by atoms with Gasteiger partial charge in [0.25, 0.3) is 0 Å². The van der Waals surface area contributed by atoms with Crippen molar-refractivity contribution < 1.29 is 27.5 Å². The van der Waals surface area contributed by atoms with Crippen LogP contribution in [0.3, 0.4) is 0 Å². The number of nitrogens with one attached hydrogen (secondary N) is 2. The van der Waals surface area contributed by atoms with Crippen LogP contribution in [0.2, 0.25) is 0 Å². The van der Waals surface area contributed by atoms with E-state index in [9.17, 15) is 18.0 Å². The van der Waals surface area contributed by atoms with Crippen LogP contribution < -0.4 is 10.6 Å². The molecule has 0 unspecified atom stereocenters. The number of carbonyl (C=O) groups excluding carboxylic acids is 2. The van der Waals surface area contributed by atoms with Gasteiger partial charge in [-0.25, -0.2) is 22.7 Å².